The van der Waals surface area contributed by atoms with Gasteiger partial charge < -0.3 is 14.5 Å². The second-order valence-corrected chi connectivity index (χ2v) is 7.23. The third kappa shape index (κ3) is 4.58. The Morgan fingerprint density at radius 2 is 1.72 bits per heavy atom. The highest BCUT2D eigenvalue weighted by Crippen LogP contribution is 2.25. The minimum Gasteiger partial charge on any atom is -0.465 e. The van der Waals surface area contributed by atoms with Crippen LogP contribution < -0.4 is 5.32 Å². The van der Waals surface area contributed by atoms with Gasteiger partial charge in [0.1, 0.15) is 11.5 Å². The van der Waals surface area contributed by atoms with Crippen molar-refractivity contribution in [1.82, 2.24) is 10.2 Å². The van der Waals surface area contributed by atoms with E-state index >= 15 is 0 Å². The predicted molar refractivity (Wildman–Crippen MR) is 113 cm³/mol. The maximum Gasteiger partial charge on any atom is 0.251 e. The fourth-order valence-electron chi connectivity index (χ4n) is 3.77. The maximum atomic E-state index is 13.1. The monoisotopic (exact) mass is 390 g/mol. The third-order valence-corrected chi connectivity index (χ3v) is 5.29. The SMILES string of the molecule is Cc1ccc(C(CNC(=O)c2ccccc2-c2ccccc2)N2CCOCC2)o1. The summed E-state index contributed by atoms with van der Waals surface area (Å²) in [5.41, 5.74) is 2.64. The lowest BCUT2D eigenvalue weighted by molar-refractivity contribution is 0.0117. The molecule has 1 aromatic heterocycles. The molecule has 5 heteroatoms. The van der Waals surface area contributed by atoms with E-state index in [1.165, 1.54) is 0 Å². The Morgan fingerprint density at radius 3 is 2.45 bits per heavy atom. The van der Waals surface area contributed by atoms with Crippen LogP contribution in [0.25, 0.3) is 11.1 Å². The van der Waals surface area contributed by atoms with E-state index in [0.29, 0.717) is 25.3 Å². The minimum atomic E-state index is -0.0778. The molecule has 0 bridgehead atoms. The Labute approximate surface area is 171 Å². The lowest BCUT2D eigenvalue weighted by atomic mass is 9.99. The number of carbonyl (C=O) groups is 1. The second kappa shape index (κ2) is 9.07. The number of hydrogen-bond acceptors (Lipinski definition) is 4. The van der Waals surface area contributed by atoms with Crippen LogP contribution in [0.15, 0.2) is 71.1 Å². The summed E-state index contributed by atoms with van der Waals surface area (Å²) in [7, 11) is 0. The molecule has 1 unspecified atom stereocenters. The highest BCUT2D eigenvalue weighted by atomic mass is 16.5. The summed E-state index contributed by atoms with van der Waals surface area (Å²) in [4.78, 5) is 15.4. The Bertz CT molecular complexity index is 946. The second-order valence-electron chi connectivity index (χ2n) is 7.23. The summed E-state index contributed by atoms with van der Waals surface area (Å²) >= 11 is 0. The fourth-order valence-corrected chi connectivity index (χ4v) is 3.77. The molecule has 4 rings (SSSR count). The number of nitrogens with one attached hydrogen (secondary N) is 1. The van der Waals surface area contributed by atoms with Gasteiger partial charge in [0.15, 0.2) is 0 Å². The maximum absolute atomic E-state index is 13.1. The number of morpholine rings is 1. The van der Waals surface area contributed by atoms with Crippen LogP contribution in [-0.2, 0) is 4.74 Å². The van der Waals surface area contributed by atoms with E-state index in [4.69, 9.17) is 9.15 Å². The van der Waals surface area contributed by atoms with Crippen LogP contribution >= 0.6 is 0 Å². The smallest absolute Gasteiger partial charge is 0.251 e. The number of nitrogens with zero attached hydrogens (tertiary/aromatic N) is 1. The summed E-state index contributed by atoms with van der Waals surface area (Å²) < 4.78 is 11.4. The first-order valence-electron chi connectivity index (χ1n) is 10.0. The van der Waals surface area contributed by atoms with Gasteiger partial charge in [0.05, 0.1) is 19.3 Å². The summed E-state index contributed by atoms with van der Waals surface area (Å²) in [5, 5.41) is 3.13. The summed E-state index contributed by atoms with van der Waals surface area (Å²) in [5.74, 6) is 1.67. The van der Waals surface area contributed by atoms with E-state index < -0.39 is 0 Å². The van der Waals surface area contributed by atoms with E-state index in [-0.39, 0.29) is 11.9 Å². The topological polar surface area (TPSA) is 54.7 Å². The van der Waals surface area contributed by atoms with Gasteiger partial charge in [-0.15, -0.1) is 0 Å². The predicted octanol–water partition coefficient (Wildman–Crippen LogP) is 4.06. The Kier molecular flexibility index (Phi) is 6.08. The van der Waals surface area contributed by atoms with Crippen LogP contribution in [0, 0.1) is 6.92 Å². The van der Waals surface area contributed by atoms with Gasteiger partial charge in [-0.05, 0) is 36.2 Å². The number of aryl methyl sites for hydroxylation is 1. The average molecular weight is 390 g/mol. The van der Waals surface area contributed by atoms with Gasteiger partial charge in [-0.1, -0.05) is 48.5 Å². The van der Waals surface area contributed by atoms with Gasteiger partial charge in [-0.3, -0.25) is 9.69 Å². The van der Waals surface area contributed by atoms with Gasteiger partial charge in [-0.2, -0.15) is 0 Å². The average Bonchev–Trinajstić information content (AvgIpc) is 3.21. The van der Waals surface area contributed by atoms with Gasteiger partial charge in [-0.25, -0.2) is 0 Å². The first-order valence-corrected chi connectivity index (χ1v) is 10.0. The molecule has 5 nitrogen and oxygen atoms in total. The molecular formula is C24H26N2O3. The van der Waals surface area contributed by atoms with Crippen molar-refractivity contribution in [2.75, 3.05) is 32.8 Å². The lowest BCUT2D eigenvalue weighted by Gasteiger charge is -2.33. The van der Waals surface area contributed by atoms with Crippen molar-refractivity contribution in [2.45, 2.75) is 13.0 Å². The van der Waals surface area contributed by atoms with Crippen LogP contribution in [0.4, 0.5) is 0 Å². The summed E-state index contributed by atoms with van der Waals surface area (Å²) in [6, 6.07) is 21.7. The molecule has 1 saturated heterocycles. The number of ether oxygens (including phenoxy) is 1. The van der Waals surface area contributed by atoms with Crippen LogP contribution in [0.2, 0.25) is 0 Å². The number of hydrogen-bond donors (Lipinski definition) is 1. The van der Waals surface area contributed by atoms with E-state index in [0.717, 1.165) is 35.7 Å². The van der Waals surface area contributed by atoms with Crippen molar-refractivity contribution >= 4 is 5.91 Å². The van der Waals surface area contributed by atoms with Crippen molar-refractivity contribution in [3.8, 4) is 11.1 Å². The van der Waals surface area contributed by atoms with Gasteiger partial charge in [0.2, 0.25) is 0 Å². The normalized spacial score (nSPS) is 15.8. The molecule has 0 aliphatic carbocycles. The molecule has 2 aromatic carbocycles. The van der Waals surface area contributed by atoms with Gasteiger partial charge in [0, 0.05) is 25.2 Å². The Balaban J connectivity index is 1.53. The zero-order valence-corrected chi connectivity index (χ0v) is 16.6. The first-order chi connectivity index (χ1) is 14.2. The zero-order chi connectivity index (χ0) is 20.1. The minimum absolute atomic E-state index is 0.0135. The molecule has 3 aromatic rings. The van der Waals surface area contributed by atoms with E-state index in [1.807, 2.05) is 73.7 Å². The van der Waals surface area contributed by atoms with Crippen molar-refractivity contribution < 1.29 is 13.9 Å². The van der Waals surface area contributed by atoms with Crippen molar-refractivity contribution in [1.29, 1.82) is 0 Å². The van der Waals surface area contributed by atoms with E-state index in [2.05, 4.69) is 10.2 Å². The molecular weight excluding hydrogens is 364 g/mol. The lowest BCUT2D eigenvalue weighted by Crippen LogP contribution is -2.43. The quantitative estimate of drug-likeness (QED) is 0.690. The number of carbonyl (C=O) groups excluding carboxylic acids is 1. The van der Waals surface area contributed by atoms with Crippen LogP contribution in [0.3, 0.4) is 0 Å². The molecule has 2 heterocycles. The summed E-state index contributed by atoms with van der Waals surface area (Å²) in [6.45, 7) is 5.45. The molecule has 0 spiro atoms. The third-order valence-electron chi connectivity index (χ3n) is 5.29. The largest absolute Gasteiger partial charge is 0.465 e. The first kappa shape index (κ1) is 19.4. The number of rotatable bonds is 6. The van der Waals surface area contributed by atoms with Crippen molar-refractivity contribution in [3.05, 3.63) is 83.8 Å². The van der Waals surface area contributed by atoms with Crippen LogP contribution in [0.1, 0.15) is 27.9 Å². The molecule has 0 radical (unpaired) electrons. The number of furan rings is 1. The summed E-state index contributed by atoms with van der Waals surface area (Å²) in [6.07, 6.45) is 0. The van der Waals surface area contributed by atoms with Crippen molar-refractivity contribution in [2.24, 2.45) is 0 Å². The zero-order valence-electron chi connectivity index (χ0n) is 16.6. The van der Waals surface area contributed by atoms with Crippen LogP contribution in [-0.4, -0.2) is 43.7 Å². The molecule has 1 aliphatic heterocycles. The van der Waals surface area contributed by atoms with E-state index in [1.54, 1.807) is 0 Å². The molecule has 1 atom stereocenters. The van der Waals surface area contributed by atoms with Crippen LogP contribution in [0.5, 0.6) is 0 Å². The Morgan fingerprint density at radius 1 is 1.00 bits per heavy atom. The van der Waals surface area contributed by atoms with E-state index in [9.17, 15) is 4.79 Å². The molecule has 1 aliphatic rings. The van der Waals surface area contributed by atoms with Gasteiger partial charge in [0.25, 0.3) is 5.91 Å². The fraction of sp³-hybridized carbons (Fsp3) is 0.292. The molecule has 1 amide bonds. The molecule has 0 saturated carbocycles. The number of benzene rings is 2. The molecule has 1 N–H and O–H groups in total. The highest BCUT2D eigenvalue weighted by Gasteiger charge is 2.26. The van der Waals surface area contributed by atoms with Gasteiger partial charge >= 0.3 is 0 Å². The van der Waals surface area contributed by atoms with Crippen molar-refractivity contribution in [3.63, 3.8) is 0 Å². The molecule has 150 valence electrons. The standard InChI is InChI=1S/C24H26N2O3/c1-18-11-12-23(29-18)22(26-13-15-28-16-14-26)17-25-24(27)21-10-6-5-9-20(21)19-7-3-2-4-8-19/h2-12,22H,13-17H2,1H3,(H,25,27). The Hall–Kier alpha value is -2.89. The molecule has 29 heavy (non-hydrogen) atoms. The highest BCUT2D eigenvalue weighted by molar-refractivity contribution is 6.00. The molecule has 1 fully saturated rings. The number of amides is 1.